The minimum absolute atomic E-state index is 0. The largest absolute Gasteiger partial charge is 0.576 e. The Labute approximate surface area is 511 Å². The number of unbranched alkanes of at least 4 members (excludes halogenated alkanes) is 27. The molecule has 2 N–H and O–H groups in total. The first-order chi connectivity index (χ1) is 38.8. The zero-order chi connectivity index (χ0) is 57.4. The Bertz CT molecular complexity index is 2200. The Morgan fingerprint density at radius 3 is 1.18 bits per heavy atom. The summed E-state index contributed by atoms with van der Waals surface area (Å²) in [5.41, 5.74) is 1.60. The molecule has 0 saturated heterocycles. The summed E-state index contributed by atoms with van der Waals surface area (Å²) in [5, 5.41) is 7.41. The van der Waals surface area contributed by atoms with E-state index in [4.69, 9.17) is 27.1 Å². The predicted molar refractivity (Wildman–Crippen MR) is 360 cm³/mol. The zero-order valence-corrected chi connectivity index (χ0v) is 57.0. The summed E-state index contributed by atoms with van der Waals surface area (Å²) in [6.07, 6.45) is 63.5. The van der Waals surface area contributed by atoms with Crippen LogP contribution in [0.1, 0.15) is 266 Å². The quantitative estimate of drug-likeness (QED) is 0.00958. The van der Waals surface area contributed by atoms with Gasteiger partial charge in [0.25, 0.3) is 0 Å². The molecule has 0 heterocycles. The van der Waals surface area contributed by atoms with Crippen LogP contribution in [-0.2, 0) is 21.1 Å². The maximum absolute atomic E-state index is 7.85. The van der Waals surface area contributed by atoms with E-state index in [1.54, 1.807) is 0 Å². The molecule has 0 saturated carbocycles. The van der Waals surface area contributed by atoms with E-state index in [2.05, 4.69) is 123 Å². The Morgan fingerprint density at radius 1 is 0.400 bits per heavy atom. The van der Waals surface area contributed by atoms with Crippen molar-refractivity contribution in [2.75, 3.05) is 56.8 Å². The van der Waals surface area contributed by atoms with Gasteiger partial charge in [0.1, 0.15) is 0 Å². The molecule has 0 bridgehead atoms. The van der Waals surface area contributed by atoms with E-state index in [0.29, 0.717) is 22.5 Å². The molecule has 0 aromatic heterocycles. The van der Waals surface area contributed by atoms with Gasteiger partial charge in [-0.05, 0) is 107 Å². The molecular formula is C74H118O3P2Pt+2. The van der Waals surface area contributed by atoms with E-state index in [9.17, 15) is 0 Å². The van der Waals surface area contributed by atoms with Gasteiger partial charge in [0.15, 0.2) is 13.2 Å². The molecule has 0 fully saturated rings. The van der Waals surface area contributed by atoms with E-state index in [1.165, 1.54) is 237 Å². The molecule has 6 heteroatoms. The molecular weight excluding hydrogens is 1190 g/mol. The molecule has 0 aliphatic heterocycles. The number of rotatable bonds is 42. The maximum atomic E-state index is 7.85. The molecule has 0 atom stereocenters. The molecule has 0 amide bonds. The van der Waals surface area contributed by atoms with Crippen LogP contribution in [0.3, 0.4) is 0 Å². The number of aromatic hydroxyl groups is 2. The Kier molecular flexibility index (Phi) is 48.7. The zero-order valence-electron chi connectivity index (χ0n) is 52.9. The van der Waals surface area contributed by atoms with Gasteiger partial charge in [0.2, 0.25) is 5.75 Å². The number of benzene rings is 5. The van der Waals surface area contributed by atoms with Crippen molar-refractivity contribution in [2.24, 2.45) is 0 Å². The van der Waals surface area contributed by atoms with Gasteiger partial charge in [-0.3, -0.25) is 0 Å². The maximum Gasteiger partial charge on any atom is 0.394 e. The van der Waals surface area contributed by atoms with Crippen molar-refractivity contribution >= 4 is 48.2 Å². The van der Waals surface area contributed by atoms with Crippen LogP contribution in [0.15, 0.2) is 66.7 Å². The summed E-state index contributed by atoms with van der Waals surface area (Å²) in [7, 11) is 0.892. The molecule has 5 aromatic carbocycles. The third-order valence-electron chi connectivity index (χ3n) is 15.9. The van der Waals surface area contributed by atoms with Gasteiger partial charge in [0.05, 0.1) is 12.7 Å². The molecule has 5 rings (SSSR count). The van der Waals surface area contributed by atoms with Gasteiger partial charge in [-0.2, -0.15) is 0 Å². The van der Waals surface area contributed by atoms with Gasteiger partial charge in [-0.25, -0.2) is 0 Å². The molecule has 0 spiro atoms. The fourth-order valence-corrected chi connectivity index (χ4v) is 13.3. The SMILES string of the molecule is CCP(CC)CC.CCP(CC)CC.[C]#Cc1cc(OCCCCCCCCCCCC)c([OH+]CCCCCCCCCCCC)c([OH+]CCCCCCCCCCCC)c1.[C]#Cc1ccc2ccc3cccc4ccc1c2c34.[Pt]. The molecule has 0 aliphatic rings. The van der Waals surface area contributed by atoms with E-state index in [0.717, 1.165) is 66.2 Å². The second-order valence-electron chi connectivity index (χ2n) is 22.0. The summed E-state index contributed by atoms with van der Waals surface area (Å²) < 4.78 is 16.5. The molecule has 2 radical (unpaired) electrons. The van der Waals surface area contributed by atoms with Gasteiger partial charge in [0, 0.05) is 51.1 Å². The Hall–Kier alpha value is -2.79. The number of ether oxygens (including phenoxy) is 3. The van der Waals surface area contributed by atoms with Crippen molar-refractivity contribution in [2.45, 2.75) is 255 Å². The second kappa shape index (κ2) is 51.8. The molecule has 3 nitrogen and oxygen atoms in total. The fraction of sp³-hybridized carbons (Fsp3) is 0.649. The second-order valence-corrected chi connectivity index (χ2v) is 28.4. The molecule has 0 unspecified atom stereocenters. The van der Waals surface area contributed by atoms with Crippen LogP contribution in [0.25, 0.3) is 32.3 Å². The molecule has 5 aromatic rings. The normalized spacial score (nSPS) is 10.9. The summed E-state index contributed by atoms with van der Waals surface area (Å²) >= 11 is 0. The first-order valence-electron chi connectivity index (χ1n) is 33.0. The van der Waals surface area contributed by atoms with Crippen molar-refractivity contribution in [1.82, 2.24) is 0 Å². The first kappa shape index (κ1) is 75.2. The minimum Gasteiger partial charge on any atom is -0.576 e. The molecule has 80 heavy (non-hydrogen) atoms. The van der Waals surface area contributed by atoms with Gasteiger partial charge in [-0.15, -0.1) is 15.8 Å². The van der Waals surface area contributed by atoms with Crippen LogP contribution >= 0.6 is 15.8 Å². The van der Waals surface area contributed by atoms with Gasteiger partial charge in [-0.1, -0.05) is 283 Å². The van der Waals surface area contributed by atoms with Crippen LogP contribution in [0, 0.1) is 24.7 Å². The average Bonchev–Trinajstić information content (AvgIpc) is 3.48. The monoisotopic (exact) mass is 1310 g/mol. The standard InChI is InChI=1S/C44H77O3.C18H9.2C6H15P.Pt/c1-5-9-12-15-18-21-24-27-30-33-36-45-42-39-41(8-4)40-43(46-37-34-31-28-25-22-19-16-13-10-6-2)44(42)47-38-35-32-29-26-23-20-17-14-11-7-3;1-2-12-6-7-15-9-8-13-4-3-5-14-10-11-16(12)18(15)17(13)14;2*1-4-7(5-2)6-3;/h39-40H,5-7,9-38H2,1-3H3;3-11H;2*4-6H2,1-3H3;/p+2. The van der Waals surface area contributed by atoms with Crippen LogP contribution in [-0.4, -0.2) is 66.3 Å². The fourth-order valence-electron chi connectivity index (χ4n) is 10.6. The number of hydrogen-bond donors (Lipinski definition) is 0. The number of aliphatic hydroxyl groups is 2. The molecule has 0 aliphatic carbocycles. The third kappa shape index (κ3) is 32.3. The van der Waals surface area contributed by atoms with E-state index >= 15 is 0 Å². The minimum atomic E-state index is 0. The summed E-state index contributed by atoms with van der Waals surface area (Å²) in [6, 6.07) is 22.9. The van der Waals surface area contributed by atoms with Crippen molar-refractivity contribution in [1.29, 1.82) is 0 Å². The summed E-state index contributed by atoms with van der Waals surface area (Å²) in [4.78, 5) is 0. The van der Waals surface area contributed by atoms with Crippen LogP contribution in [0.5, 0.6) is 17.2 Å². The Balaban J connectivity index is 0.000000771. The van der Waals surface area contributed by atoms with E-state index < -0.39 is 0 Å². The Morgan fingerprint density at radius 2 is 0.775 bits per heavy atom. The first-order valence-corrected chi connectivity index (χ1v) is 36.8. The van der Waals surface area contributed by atoms with E-state index in [-0.39, 0.29) is 21.1 Å². The van der Waals surface area contributed by atoms with Crippen molar-refractivity contribution < 1.29 is 35.3 Å². The van der Waals surface area contributed by atoms with Gasteiger partial charge < -0.3 is 14.2 Å². The summed E-state index contributed by atoms with van der Waals surface area (Å²) in [6.45, 7) is 22.9. The van der Waals surface area contributed by atoms with Crippen molar-refractivity contribution in [3.8, 4) is 29.1 Å². The predicted octanol–water partition coefficient (Wildman–Crippen LogP) is 23.8. The summed E-state index contributed by atoms with van der Waals surface area (Å²) in [5.74, 6) is 7.72. The number of hydrogen-bond acceptors (Lipinski definition) is 1. The smallest absolute Gasteiger partial charge is 0.394 e. The van der Waals surface area contributed by atoms with Crippen LogP contribution in [0.2, 0.25) is 0 Å². The van der Waals surface area contributed by atoms with Crippen molar-refractivity contribution in [3.63, 3.8) is 0 Å². The molecule has 450 valence electrons. The topological polar surface area (TPSA) is 34.8 Å². The van der Waals surface area contributed by atoms with Crippen LogP contribution < -0.4 is 4.74 Å². The average molecular weight is 1310 g/mol. The van der Waals surface area contributed by atoms with Gasteiger partial charge >= 0.3 is 11.5 Å². The van der Waals surface area contributed by atoms with Crippen LogP contribution in [0.4, 0.5) is 0 Å². The van der Waals surface area contributed by atoms with E-state index in [1.807, 2.05) is 18.2 Å². The van der Waals surface area contributed by atoms with Crippen molar-refractivity contribution in [3.05, 3.63) is 90.7 Å². The third-order valence-corrected chi connectivity index (χ3v) is 21.2.